The zero-order valence-corrected chi connectivity index (χ0v) is 22.6. The maximum atomic E-state index is 13.7. The predicted molar refractivity (Wildman–Crippen MR) is 141 cm³/mol. The summed E-state index contributed by atoms with van der Waals surface area (Å²) >= 11 is 0. The molecule has 0 bridgehead atoms. The Balaban J connectivity index is 2.52. The van der Waals surface area contributed by atoms with E-state index in [1.165, 1.54) is 24.1 Å². The van der Waals surface area contributed by atoms with Gasteiger partial charge in [-0.25, -0.2) is 8.42 Å². The number of anilines is 1. The fourth-order valence-corrected chi connectivity index (χ4v) is 4.73. The molecule has 12 heteroatoms. The van der Waals surface area contributed by atoms with Gasteiger partial charge in [0, 0.05) is 25.2 Å². The lowest BCUT2D eigenvalue weighted by Crippen LogP contribution is -2.52. The van der Waals surface area contributed by atoms with Crippen LogP contribution in [0.1, 0.15) is 37.8 Å². The number of carbonyl (C=O) groups excluding carboxylic acids is 2. The standard InChI is InChI=1S/C25H34N4O7S/c1-6-13-26-25(31)22(7-2)27(16-19-9-8-10-21(14-19)36-4)24(30)17-28(37(5,34)35)23-15-20(29(32)33)12-11-18(23)3/h8-12,14-15,22H,6-7,13,16-17H2,1-5H3,(H,26,31)/t22-/m0/s1. The van der Waals surface area contributed by atoms with Gasteiger partial charge in [-0.1, -0.05) is 32.0 Å². The van der Waals surface area contributed by atoms with E-state index in [-0.39, 0.29) is 23.8 Å². The van der Waals surface area contributed by atoms with Crippen molar-refractivity contribution in [1.29, 1.82) is 0 Å². The van der Waals surface area contributed by atoms with Crippen molar-refractivity contribution in [2.45, 2.75) is 46.2 Å². The number of sulfonamides is 1. The molecule has 0 heterocycles. The first-order valence-electron chi connectivity index (χ1n) is 11.9. The highest BCUT2D eigenvalue weighted by molar-refractivity contribution is 7.92. The van der Waals surface area contributed by atoms with Crippen LogP contribution < -0.4 is 14.4 Å². The number of nitrogens with zero attached hydrogens (tertiary/aromatic N) is 3. The van der Waals surface area contributed by atoms with Crippen LogP contribution >= 0.6 is 0 Å². The number of carbonyl (C=O) groups is 2. The van der Waals surface area contributed by atoms with Gasteiger partial charge in [0.2, 0.25) is 21.8 Å². The van der Waals surface area contributed by atoms with Crippen LogP contribution in [0.3, 0.4) is 0 Å². The molecule has 0 aliphatic heterocycles. The van der Waals surface area contributed by atoms with E-state index in [2.05, 4.69) is 5.32 Å². The van der Waals surface area contributed by atoms with E-state index in [1.54, 1.807) is 38.1 Å². The van der Waals surface area contributed by atoms with Crippen molar-refractivity contribution in [3.63, 3.8) is 0 Å². The van der Waals surface area contributed by atoms with E-state index in [0.29, 0.717) is 36.3 Å². The molecule has 2 rings (SSSR count). The summed E-state index contributed by atoms with van der Waals surface area (Å²) in [6.45, 7) is 5.09. The number of hydrogen-bond acceptors (Lipinski definition) is 7. The van der Waals surface area contributed by atoms with Gasteiger partial charge in [-0.05, 0) is 43.0 Å². The maximum absolute atomic E-state index is 13.7. The van der Waals surface area contributed by atoms with Crippen molar-refractivity contribution in [2.75, 3.05) is 30.8 Å². The van der Waals surface area contributed by atoms with Gasteiger partial charge >= 0.3 is 0 Å². The Morgan fingerprint density at radius 2 is 1.86 bits per heavy atom. The van der Waals surface area contributed by atoms with Crippen LogP contribution in [0, 0.1) is 17.0 Å². The Morgan fingerprint density at radius 3 is 2.43 bits per heavy atom. The van der Waals surface area contributed by atoms with Crippen LogP contribution in [0.25, 0.3) is 0 Å². The number of nitrogens with one attached hydrogen (secondary N) is 1. The minimum atomic E-state index is -4.02. The Kier molecular flexibility index (Phi) is 10.4. The van der Waals surface area contributed by atoms with Crippen molar-refractivity contribution < 1.29 is 27.7 Å². The highest BCUT2D eigenvalue weighted by Gasteiger charge is 2.32. The molecular formula is C25H34N4O7S. The van der Waals surface area contributed by atoms with Crippen LogP contribution in [-0.2, 0) is 26.2 Å². The van der Waals surface area contributed by atoms with Crippen LogP contribution in [0.5, 0.6) is 5.75 Å². The third-order valence-corrected chi connectivity index (χ3v) is 6.90. The first-order chi connectivity index (χ1) is 17.4. The summed E-state index contributed by atoms with van der Waals surface area (Å²) in [7, 11) is -2.50. The number of nitro benzene ring substituents is 1. The van der Waals surface area contributed by atoms with E-state index >= 15 is 0 Å². The largest absolute Gasteiger partial charge is 0.497 e. The minimum absolute atomic E-state index is 0.0230. The Morgan fingerprint density at radius 1 is 1.16 bits per heavy atom. The summed E-state index contributed by atoms with van der Waals surface area (Å²) in [6, 6.07) is 9.97. The summed E-state index contributed by atoms with van der Waals surface area (Å²) in [5.41, 5.74) is 0.845. The molecular weight excluding hydrogens is 500 g/mol. The Labute approximate surface area is 217 Å². The fourth-order valence-electron chi connectivity index (χ4n) is 3.83. The van der Waals surface area contributed by atoms with Crippen molar-refractivity contribution in [3.05, 3.63) is 63.7 Å². The number of non-ortho nitro benzene ring substituents is 1. The zero-order chi connectivity index (χ0) is 27.8. The highest BCUT2D eigenvalue weighted by Crippen LogP contribution is 2.28. The van der Waals surface area contributed by atoms with Gasteiger partial charge in [0.15, 0.2) is 0 Å². The number of methoxy groups -OCH3 is 1. The first kappa shape index (κ1) is 29.6. The molecule has 0 saturated carbocycles. The number of aryl methyl sites for hydroxylation is 1. The van der Waals surface area contributed by atoms with Crippen LogP contribution in [0.2, 0.25) is 0 Å². The van der Waals surface area contributed by atoms with Gasteiger partial charge in [-0.2, -0.15) is 0 Å². The second kappa shape index (κ2) is 13.0. The Hall–Kier alpha value is -3.67. The zero-order valence-electron chi connectivity index (χ0n) is 21.8. The number of rotatable bonds is 13. The molecule has 0 aliphatic carbocycles. The quantitative estimate of drug-likeness (QED) is 0.308. The summed E-state index contributed by atoms with van der Waals surface area (Å²) in [5, 5.41) is 14.1. The lowest BCUT2D eigenvalue weighted by Gasteiger charge is -2.33. The van der Waals surface area contributed by atoms with E-state index in [1.807, 2.05) is 6.92 Å². The maximum Gasteiger partial charge on any atom is 0.271 e. The summed E-state index contributed by atoms with van der Waals surface area (Å²) < 4.78 is 31.6. The molecule has 1 N–H and O–H groups in total. The number of nitro groups is 1. The fraction of sp³-hybridized carbons (Fsp3) is 0.440. The third kappa shape index (κ3) is 7.91. The highest BCUT2D eigenvalue weighted by atomic mass is 32.2. The van der Waals surface area contributed by atoms with Gasteiger partial charge in [-0.3, -0.25) is 24.0 Å². The number of ether oxygens (including phenoxy) is 1. The first-order valence-corrected chi connectivity index (χ1v) is 13.7. The van der Waals surface area contributed by atoms with E-state index in [4.69, 9.17) is 4.74 Å². The second-order valence-corrected chi connectivity index (χ2v) is 10.5. The minimum Gasteiger partial charge on any atom is -0.497 e. The van der Waals surface area contributed by atoms with Crippen LogP contribution in [0.15, 0.2) is 42.5 Å². The van der Waals surface area contributed by atoms with Crippen molar-refractivity contribution in [3.8, 4) is 5.75 Å². The molecule has 0 fully saturated rings. The van der Waals surface area contributed by atoms with Crippen molar-refractivity contribution in [2.24, 2.45) is 0 Å². The summed E-state index contributed by atoms with van der Waals surface area (Å²) in [6.07, 6.45) is 1.93. The molecule has 0 spiro atoms. The summed E-state index contributed by atoms with van der Waals surface area (Å²) in [4.78, 5) is 38.7. The van der Waals surface area contributed by atoms with Gasteiger partial charge < -0.3 is 15.0 Å². The third-order valence-electron chi connectivity index (χ3n) is 5.77. The molecule has 202 valence electrons. The lowest BCUT2D eigenvalue weighted by atomic mass is 10.1. The SMILES string of the molecule is CCCNC(=O)[C@H](CC)N(Cc1cccc(OC)c1)C(=O)CN(c1cc([N+](=O)[O-])ccc1C)S(C)(=O)=O. The average molecular weight is 535 g/mol. The van der Waals surface area contributed by atoms with Gasteiger partial charge in [-0.15, -0.1) is 0 Å². The molecule has 0 saturated heterocycles. The van der Waals surface area contributed by atoms with Gasteiger partial charge in [0.1, 0.15) is 18.3 Å². The second-order valence-electron chi connectivity index (χ2n) is 8.59. The predicted octanol–water partition coefficient (Wildman–Crippen LogP) is 3.01. The van der Waals surface area contributed by atoms with E-state index < -0.39 is 33.4 Å². The molecule has 2 aromatic rings. The molecule has 0 radical (unpaired) electrons. The Bertz CT molecular complexity index is 1230. The molecule has 37 heavy (non-hydrogen) atoms. The topological polar surface area (TPSA) is 139 Å². The molecule has 0 unspecified atom stereocenters. The lowest BCUT2D eigenvalue weighted by molar-refractivity contribution is -0.384. The molecule has 1 atom stereocenters. The van der Waals surface area contributed by atoms with Gasteiger partial charge in [0.25, 0.3) is 5.69 Å². The molecule has 2 aromatic carbocycles. The average Bonchev–Trinajstić information content (AvgIpc) is 2.85. The molecule has 0 aromatic heterocycles. The van der Waals surface area contributed by atoms with Crippen molar-refractivity contribution >= 4 is 33.2 Å². The van der Waals surface area contributed by atoms with E-state index in [0.717, 1.165) is 16.6 Å². The van der Waals surface area contributed by atoms with E-state index in [9.17, 15) is 28.1 Å². The molecule has 2 amide bonds. The smallest absolute Gasteiger partial charge is 0.271 e. The van der Waals surface area contributed by atoms with Gasteiger partial charge in [0.05, 0.1) is 24.0 Å². The summed E-state index contributed by atoms with van der Waals surface area (Å²) in [5.74, 6) is -0.408. The normalized spacial score (nSPS) is 11.9. The monoisotopic (exact) mass is 534 g/mol. The van der Waals surface area contributed by atoms with Crippen LogP contribution in [-0.4, -0.2) is 62.6 Å². The number of hydrogen-bond donors (Lipinski definition) is 1. The molecule has 0 aliphatic rings. The van der Waals surface area contributed by atoms with Crippen molar-refractivity contribution in [1.82, 2.24) is 10.2 Å². The van der Waals surface area contributed by atoms with Crippen LogP contribution in [0.4, 0.5) is 11.4 Å². The molecule has 11 nitrogen and oxygen atoms in total. The number of amides is 2. The number of benzene rings is 2.